The highest BCUT2D eigenvalue weighted by atomic mass is 35.5. The van der Waals surface area contributed by atoms with Crippen LogP contribution in [0.5, 0.6) is 0 Å². The summed E-state index contributed by atoms with van der Waals surface area (Å²) in [4.78, 5) is 9.85. The van der Waals surface area contributed by atoms with Gasteiger partial charge in [-0.3, -0.25) is 4.79 Å². The predicted molar refractivity (Wildman–Crippen MR) is 32.2 cm³/mol. The van der Waals surface area contributed by atoms with Crippen LogP contribution in [0.15, 0.2) is 0 Å². The summed E-state index contributed by atoms with van der Waals surface area (Å²) in [6, 6.07) is 0. The maximum Gasteiger partial charge on any atom is 0.307 e. The summed E-state index contributed by atoms with van der Waals surface area (Å²) in [5.41, 5.74) is 0. The smallest absolute Gasteiger partial charge is 0.307 e. The second-order valence-electron chi connectivity index (χ2n) is 1.78. The van der Waals surface area contributed by atoms with Crippen LogP contribution in [0, 0.1) is 0 Å². The van der Waals surface area contributed by atoms with Gasteiger partial charge in [0.1, 0.15) is 0 Å². The highest BCUT2D eigenvalue weighted by Gasteiger charge is 2.26. The molecule has 9 heavy (non-hydrogen) atoms. The fourth-order valence-corrected chi connectivity index (χ4v) is 0.461. The molecule has 0 radical (unpaired) electrons. The molecule has 0 saturated heterocycles. The number of aliphatic carboxylic acids is 1. The molecule has 0 aliphatic heterocycles. The van der Waals surface area contributed by atoms with E-state index in [0.717, 1.165) is 0 Å². The van der Waals surface area contributed by atoms with Crippen molar-refractivity contribution >= 4 is 17.6 Å². The van der Waals surface area contributed by atoms with E-state index in [1.165, 1.54) is 6.92 Å². The first-order chi connectivity index (χ1) is 3.98. The minimum absolute atomic E-state index is 0.0147. The molecule has 0 bridgehead atoms. The van der Waals surface area contributed by atoms with Gasteiger partial charge in [0, 0.05) is 0 Å². The van der Waals surface area contributed by atoms with Crippen LogP contribution in [0.2, 0.25) is 0 Å². The first kappa shape index (κ1) is 8.69. The van der Waals surface area contributed by atoms with Gasteiger partial charge in [-0.15, -0.1) is 0 Å². The number of hydrogen-bond donors (Lipinski definition) is 1. The highest BCUT2D eigenvalue weighted by Crippen LogP contribution is 2.24. The van der Waals surface area contributed by atoms with Gasteiger partial charge in [0.05, 0.1) is 6.42 Å². The number of rotatable bonds is 3. The van der Waals surface area contributed by atoms with Gasteiger partial charge in [0.25, 0.3) is 0 Å². The normalized spacial score (nSPS) is 16.8. The Labute approximate surface area is 57.6 Å². The lowest BCUT2D eigenvalue weighted by Crippen LogP contribution is -2.17. The van der Waals surface area contributed by atoms with Crippen molar-refractivity contribution in [3.05, 3.63) is 0 Å². The average Bonchev–Trinajstić information content (AvgIpc) is 1.63. The van der Waals surface area contributed by atoms with Crippen molar-refractivity contribution < 1.29 is 14.3 Å². The molecule has 0 fully saturated rings. The topological polar surface area (TPSA) is 37.3 Å². The van der Waals surface area contributed by atoms with Crippen molar-refractivity contribution in [2.45, 2.75) is 24.9 Å². The van der Waals surface area contributed by atoms with Crippen molar-refractivity contribution in [2.75, 3.05) is 0 Å². The van der Waals surface area contributed by atoms with E-state index in [4.69, 9.17) is 16.7 Å². The summed E-state index contributed by atoms with van der Waals surface area (Å²) in [5, 5.41) is 5.99. The molecule has 0 spiro atoms. The Balaban J connectivity index is 3.71. The summed E-state index contributed by atoms with van der Waals surface area (Å²) in [5.74, 6) is -1.21. The third-order valence-corrected chi connectivity index (χ3v) is 1.33. The molecule has 4 heteroatoms. The van der Waals surface area contributed by atoms with E-state index < -0.39 is 17.5 Å². The maximum atomic E-state index is 12.5. The second-order valence-corrected chi connectivity index (χ2v) is 2.46. The molecule has 0 heterocycles. The molecule has 0 aromatic rings. The third kappa shape index (κ3) is 4.21. The SMILES string of the molecule is CCC(F)(Cl)CC(=O)O. The molecule has 1 unspecified atom stereocenters. The fraction of sp³-hybridized carbons (Fsp3) is 0.800. The zero-order chi connectivity index (χ0) is 7.49. The Morgan fingerprint density at radius 1 is 1.89 bits per heavy atom. The number of carbonyl (C=O) groups is 1. The average molecular weight is 155 g/mol. The van der Waals surface area contributed by atoms with Crippen molar-refractivity contribution in [2.24, 2.45) is 0 Å². The molecular weight excluding hydrogens is 147 g/mol. The Morgan fingerprint density at radius 3 is 2.44 bits per heavy atom. The monoisotopic (exact) mass is 154 g/mol. The van der Waals surface area contributed by atoms with E-state index in [0.29, 0.717) is 0 Å². The summed E-state index contributed by atoms with van der Waals surface area (Å²) in [6.45, 7) is 1.50. The van der Waals surface area contributed by atoms with E-state index in [1.54, 1.807) is 0 Å². The standard InChI is InChI=1S/C5H8ClFO2/c1-2-5(6,7)3-4(8)9/h2-3H2,1H3,(H,8,9). The first-order valence-electron chi connectivity index (χ1n) is 2.57. The molecule has 0 aromatic carbocycles. The minimum Gasteiger partial charge on any atom is -0.481 e. The Morgan fingerprint density at radius 2 is 2.33 bits per heavy atom. The largest absolute Gasteiger partial charge is 0.481 e. The zero-order valence-electron chi connectivity index (χ0n) is 5.03. The van der Waals surface area contributed by atoms with Crippen molar-refractivity contribution in [3.63, 3.8) is 0 Å². The maximum absolute atomic E-state index is 12.5. The Kier molecular flexibility index (Phi) is 2.91. The predicted octanol–water partition coefficient (Wildman–Crippen LogP) is 1.78. The molecule has 0 amide bonds. The van der Waals surface area contributed by atoms with Crippen molar-refractivity contribution in [1.82, 2.24) is 0 Å². The van der Waals surface area contributed by atoms with E-state index >= 15 is 0 Å². The summed E-state index contributed by atoms with van der Waals surface area (Å²) < 4.78 is 12.5. The lowest BCUT2D eigenvalue weighted by atomic mass is 10.2. The molecule has 0 rings (SSSR count). The van der Waals surface area contributed by atoms with E-state index in [-0.39, 0.29) is 6.42 Å². The number of carboxylic acids is 1. The van der Waals surface area contributed by atoms with Gasteiger partial charge in [0.15, 0.2) is 5.13 Å². The van der Waals surface area contributed by atoms with Crippen LogP contribution in [-0.2, 0) is 4.79 Å². The second kappa shape index (κ2) is 3.01. The van der Waals surface area contributed by atoms with Crippen LogP contribution in [0.1, 0.15) is 19.8 Å². The Bertz CT molecular complexity index is 114. The lowest BCUT2D eigenvalue weighted by molar-refractivity contribution is -0.138. The number of alkyl halides is 2. The molecule has 0 aliphatic carbocycles. The van der Waals surface area contributed by atoms with Gasteiger partial charge in [-0.2, -0.15) is 0 Å². The summed E-state index contributed by atoms with van der Waals surface area (Å²) >= 11 is 5.07. The van der Waals surface area contributed by atoms with Gasteiger partial charge < -0.3 is 5.11 Å². The fourth-order valence-electron chi connectivity index (χ4n) is 0.346. The molecule has 1 atom stereocenters. The van der Waals surface area contributed by atoms with Gasteiger partial charge in [-0.25, -0.2) is 4.39 Å². The van der Waals surface area contributed by atoms with Crippen LogP contribution in [0.4, 0.5) is 4.39 Å². The summed E-state index contributed by atoms with van der Waals surface area (Å²) in [7, 11) is 0. The van der Waals surface area contributed by atoms with Gasteiger partial charge in [-0.1, -0.05) is 18.5 Å². The number of hydrogen-bond acceptors (Lipinski definition) is 1. The zero-order valence-corrected chi connectivity index (χ0v) is 5.78. The molecule has 0 saturated carbocycles. The van der Waals surface area contributed by atoms with Gasteiger partial charge in [0.2, 0.25) is 0 Å². The van der Waals surface area contributed by atoms with Crippen LogP contribution in [0.3, 0.4) is 0 Å². The van der Waals surface area contributed by atoms with Crippen LogP contribution >= 0.6 is 11.6 Å². The molecular formula is C5H8ClFO2. The molecule has 0 aromatic heterocycles. The summed E-state index contributed by atoms with van der Waals surface area (Å²) in [6.07, 6.45) is -0.619. The quantitative estimate of drug-likeness (QED) is 0.630. The number of carboxylic acid groups (broad SMARTS) is 1. The first-order valence-corrected chi connectivity index (χ1v) is 2.95. The lowest BCUT2D eigenvalue weighted by Gasteiger charge is -2.10. The van der Waals surface area contributed by atoms with Gasteiger partial charge in [-0.05, 0) is 6.42 Å². The van der Waals surface area contributed by atoms with Crippen LogP contribution in [0.25, 0.3) is 0 Å². The van der Waals surface area contributed by atoms with Gasteiger partial charge >= 0.3 is 5.97 Å². The molecule has 0 aliphatic rings. The Hall–Kier alpha value is -0.310. The highest BCUT2D eigenvalue weighted by molar-refractivity contribution is 6.23. The van der Waals surface area contributed by atoms with E-state index in [2.05, 4.69) is 0 Å². The van der Waals surface area contributed by atoms with E-state index in [1.807, 2.05) is 0 Å². The van der Waals surface area contributed by atoms with Crippen molar-refractivity contribution in [3.8, 4) is 0 Å². The minimum atomic E-state index is -2.06. The molecule has 2 nitrogen and oxygen atoms in total. The number of halogens is 2. The third-order valence-electron chi connectivity index (χ3n) is 0.927. The van der Waals surface area contributed by atoms with Crippen LogP contribution in [-0.4, -0.2) is 16.2 Å². The van der Waals surface area contributed by atoms with Crippen LogP contribution < -0.4 is 0 Å². The van der Waals surface area contributed by atoms with Crippen molar-refractivity contribution in [1.29, 1.82) is 0 Å². The molecule has 54 valence electrons. The molecule has 1 N–H and O–H groups in total. The van der Waals surface area contributed by atoms with E-state index in [9.17, 15) is 9.18 Å².